The van der Waals surface area contributed by atoms with Crippen LogP contribution in [0.25, 0.3) is 0 Å². The molecule has 0 bridgehead atoms. The van der Waals surface area contributed by atoms with Crippen LogP contribution >= 0.6 is 0 Å². The summed E-state index contributed by atoms with van der Waals surface area (Å²) in [6, 6.07) is 0.550. The van der Waals surface area contributed by atoms with Crippen molar-refractivity contribution in [3.05, 3.63) is 22.8 Å². The van der Waals surface area contributed by atoms with Gasteiger partial charge in [-0.3, -0.25) is 0 Å². The van der Waals surface area contributed by atoms with Crippen LogP contribution in [0.5, 0.6) is 0 Å². The summed E-state index contributed by atoms with van der Waals surface area (Å²) in [5.41, 5.74) is 3.58. The highest BCUT2D eigenvalue weighted by Crippen LogP contribution is 2.15. The van der Waals surface area contributed by atoms with Gasteiger partial charge in [-0.05, 0) is 45.2 Å². The first-order valence-electron chi connectivity index (χ1n) is 6.44. The minimum absolute atomic E-state index is 0.550. The molecule has 0 aliphatic rings. The summed E-state index contributed by atoms with van der Waals surface area (Å²) in [6.07, 6.45) is 1.05. The quantitative estimate of drug-likeness (QED) is 0.852. The topological polar surface area (TPSA) is 37.8 Å². The van der Waals surface area contributed by atoms with E-state index in [1.807, 2.05) is 6.92 Å². The molecule has 1 heterocycles. The van der Waals surface area contributed by atoms with E-state index >= 15 is 0 Å². The third kappa shape index (κ3) is 4.43. The molecular weight excluding hydrogens is 210 g/mol. The Morgan fingerprint density at radius 1 is 1.00 bits per heavy atom. The van der Waals surface area contributed by atoms with Gasteiger partial charge >= 0.3 is 0 Å². The maximum absolute atomic E-state index is 4.45. The fourth-order valence-electron chi connectivity index (χ4n) is 2.06. The number of hydrogen-bond acceptors (Lipinski definition) is 3. The first kappa shape index (κ1) is 14.1. The molecule has 0 aliphatic carbocycles. The van der Waals surface area contributed by atoms with E-state index in [-0.39, 0.29) is 0 Å². The van der Waals surface area contributed by atoms with Crippen LogP contribution in [-0.2, 0) is 6.42 Å². The van der Waals surface area contributed by atoms with E-state index in [4.69, 9.17) is 0 Å². The SMILES string of the molecule is Cc1nc(C)c(CC(C)CNC(C)C)c(C)n1. The molecule has 0 amide bonds. The lowest BCUT2D eigenvalue weighted by atomic mass is 9.98. The molecule has 1 N–H and O–H groups in total. The number of aryl methyl sites for hydroxylation is 3. The highest BCUT2D eigenvalue weighted by Gasteiger charge is 2.11. The summed E-state index contributed by atoms with van der Waals surface area (Å²) in [4.78, 5) is 8.90. The molecule has 17 heavy (non-hydrogen) atoms. The van der Waals surface area contributed by atoms with Crippen molar-refractivity contribution < 1.29 is 0 Å². The first-order chi connectivity index (χ1) is 7.90. The van der Waals surface area contributed by atoms with Crippen molar-refractivity contribution >= 4 is 0 Å². The lowest BCUT2D eigenvalue weighted by molar-refractivity contribution is 0.473. The van der Waals surface area contributed by atoms with Crippen molar-refractivity contribution in [3.8, 4) is 0 Å². The summed E-state index contributed by atoms with van der Waals surface area (Å²) in [5, 5.41) is 3.47. The van der Waals surface area contributed by atoms with E-state index in [1.54, 1.807) is 0 Å². The Bertz CT molecular complexity index is 349. The molecule has 0 aromatic carbocycles. The van der Waals surface area contributed by atoms with Gasteiger partial charge in [0.2, 0.25) is 0 Å². The minimum Gasteiger partial charge on any atom is -0.314 e. The smallest absolute Gasteiger partial charge is 0.125 e. The molecule has 96 valence electrons. The molecule has 1 unspecified atom stereocenters. The average Bonchev–Trinajstić information content (AvgIpc) is 2.20. The number of rotatable bonds is 5. The van der Waals surface area contributed by atoms with Crippen LogP contribution in [0.1, 0.15) is 43.5 Å². The predicted octanol–water partition coefficient (Wildman–Crippen LogP) is 2.58. The monoisotopic (exact) mass is 235 g/mol. The Kier molecular flexibility index (Phi) is 5.06. The van der Waals surface area contributed by atoms with Crippen LogP contribution in [0.2, 0.25) is 0 Å². The normalized spacial score (nSPS) is 13.1. The minimum atomic E-state index is 0.550. The van der Waals surface area contributed by atoms with Crippen LogP contribution in [0.3, 0.4) is 0 Å². The van der Waals surface area contributed by atoms with E-state index in [1.165, 1.54) is 5.56 Å². The van der Waals surface area contributed by atoms with E-state index in [9.17, 15) is 0 Å². The molecule has 1 aromatic heterocycles. The van der Waals surface area contributed by atoms with Gasteiger partial charge in [0.25, 0.3) is 0 Å². The molecule has 0 spiro atoms. The molecule has 3 heteroatoms. The number of nitrogens with one attached hydrogen (secondary N) is 1. The van der Waals surface area contributed by atoms with E-state index in [0.29, 0.717) is 12.0 Å². The van der Waals surface area contributed by atoms with Crippen LogP contribution in [0.4, 0.5) is 0 Å². The molecule has 0 aliphatic heterocycles. The maximum atomic E-state index is 4.45. The van der Waals surface area contributed by atoms with Crippen LogP contribution in [0.15, 0.2) is 0 Å². The number of aromatic nitrogens is 2. The Morgan fingerprint density at radius 2 is 1.53 bits per heavy atom. The summed E-state index contributed by atoms with van der Waals surface area (Å²) >= 11 is 0. The number of nitrogens with zero attached hydrogens (tertiary/aromatic N) is 2. The van der Waals surface area contributed by atoms with Gasteiger partial charge in [0.05, 0.1) is 0 Å². The second kappa shape index (κ2) is 6.10. The Morgan fingerprint density at radius 3 is 2.00 bits per heavy atom. The predicted molar refractivity (Wildman–Crippen MR) is 72.2 cm³/mol. The first-order valence-corrected chi connectivity index (χ1v) is 6.44. The van der Waals surface area contributed by atoms with Crippen molar-refractivity contribution in [2.75, 3.05) is 6.54 Å². The second-order valence-corrected chi connectivity index (χ2v) is 5.29. The fourth-order valence-corrected chi connectivity index (χ4v) is 2.06. The van der Waals surface area contributed by atoms with Gasteiger partial charge in [-0.1, -0.05) is 20.8 Å². The van der Waals surface area contributed by atoms with Gasteiger partial charge in [0, 0.05) is 17.4 Å². The van der Waals surface area contributed by atoms with Crippen molar-refractivity contribution in [1.82, 2.24) is 15.3 Å². The summed E-state index contributed by atoms with van der Waals surface area (Å²) in [5.74, 6) is 1.48. The zero-order valence-electron chi connectivity index (χ0n) is 12.0. The summed E-state index contributed by atoms with van der Waals surface area (Å²) in [7, 11) is 0. The van der Waals surface area contributed by atoms with Crippen molar-refractivity contribution in [2.45, 2.75) is 54.0 Å². The average molecular weight is 235 g/mol. The van der Waals surface area contributed by atoms with Crippen LogP contribution in [0, 0.1) is 26.7 Å². The molecule has 1 atom stereocenters. The van der Waals surface area contributed by atoms with Gasteiger partial charge < -0.3 is 5.32 Å². The standard InChI is InChI=1S/C14H25N3/c1-9(2)15-8-10(3)7-14-11(4)16-13(6)17-12(14)5/h9-10,15H,7-8H2,1-6H3. The third-order valence-electron chi connectivity index (χ3n) is 2.96. The number of hydrogen-bond donors (Lipinski definition) is 1. The second-order valence-electron chi connectivity index (χ2n) is 5.29. The van der Waals surface area contributed by atoms with Crippen molar-refractivity contribution in [2.24, 2.45) is 5.92 Å². The molecule has 1 aromatic rings. The van der Waals surface area contributed by atoms with Crippen molar-refractivity contribution in [3.63, 3.8) is 0 Å². The van der Waals surface area contributed by atoms with E-state index < -0.39 is 0 Å². The third-order valence-corrected chi connectivity index (χ3v) is 2.96. The molecule has 3 nitrogen and oxygen atoms in total. The van der Waals surface area contributed by atoms with Gasteiger partial charge in [0.15, 0.2) is 0 Å². The molecule has 0 fully saturated rings. The zero-order valence-corrected chi connectivity index (χ0v) is 12.0. The Labute approximate surface area is 105 Å². The van der Waals surface area contributed by atoms with Gasteiger partial charge in [-0.25, -0.2) is 9.97 Å². The summed E-state index contributed by atoms with van der Waals surface area (Å²) < 4.78 is 0. The lowest BCUT2D eigenvalue weighted by Crippen LogP contribution is -2.29. The fraction of sp³-hybridized carbons (Fsp3) is 0.714. The molecule has 0 radical (unpaired) electrons. The van der Waals surface area contributed by atoms with E-state index in [2.05, 4.69) is 49.9 Å². The molecule has 0 saturated carbocycles. The highest BCUT2D eigenvalue weighted by atomic mass is 14.9. The molecular formula is C14H25N3. The van der Waals surface area contributed by atoms with Gasteiger partial charge in [0.1, 0.15) is 5.82 Å². The van der Waals surface area contributed by atoms with Gasteiger partial charge in [-0.2, -0.15) is 0 Å². The van der Waals surface area contributed by atoms with Crippen LogP contribution in [-0.4, -0.2) is 22.6 Å². The lowest BCUT2D eigenvalue weighted by Gasteiger charge is -2.17. The zero-order chi connectivity index (χ0) is 13.0. The Hall–Kier alpha value is -0.960. The maximum Gasteiger partial charge on any atom is 0.125 e. The molecule has 1 rings (SSSR count). The Balaban J connectivity index is 2.68. The highest BCUT2D eigenvalue weighted by molar-refractivity contribution is 5.24. The largest absolute Gasteiger partial charge is 0.314 e. The van der Waals surface area contributed by atoms with Crippen LogP contribution < -0.4 is 5.32 Å². The molecule has 0 saturated heterocycles. The van der Waals surface area contributed by atoms with Gasteiger partial charge in [-0.15, -0.1) is 0 Å². The van der Waals surface area contributed by atoms with E-state index in [0.717, 1.165) is 30.2 Å². The van der Waals surface area contributed by atoms with Crippen molar-refractivity contribution in [1.29, 1.82) is 0 Å². The summed E-state index contributed by atoms with van der Waals surface area (Å²) in [6.45, 7) is 13.8.